The van der Waals surface area contributed by atoms with Crippen LogP contribution in [-0.4, -0.2) is 21.8 Å². The number of thiazole rings is 1. The Balaban J connectivity index is 2.13. The number of nitrogens with zero attached hydrogens (tertiary/aromatic N) is 1. The van der Waals surface area contributed by atoms with Gasteiger partial charge in [-0.05, 0) is 30.7 Å². The van der Waals surface area contributed by atoms with Crippen molar-refractivity contribution in [1.82, 2.24) is 4.98 Å². The van der Waals surface area contributed by atoms with E-state index < -0.39 is 5.97 Å². The normalized spacial score (nSPS) is 10.8. The molecule has 5 heteroatoms. The topological polar surface area (TPSA) is 67.3 Å². The fourth-order valence-corrected chi connectivity index (χ4v) is 2.25. The molecule has 0 spiro atoms. The maximum Gasteiger partial charge on any atom is 0.335 e. The Bertz CT molecular complexity index is 641. The van der Waals surface area contributed by atoms with Crippen LogP contribution in [0.25, 0.3) is 6.08 Å². The molecule has 0 bridgehead atoms. The van der Waals surface area contributed by atoms with Crippen LogP contribution in [0.4, 0.5) is 0 Å². The number of aryl methyl sites for hydroxylation is 1. The summed E-state index contributed by atoms with van der Waals surface area (Å²) >= 11 is 1.31. The molecule has 0 atom stereocenters. The standard InChI is InChI=1S/C14H11NO3S/c1-9-13(19-8-15-9)12(16)7-4-10-2-5-11(6-3-10)14(17)18/h2-8H,1H3,(H,17,18)/b7-4+. The lowest BCUT2D eigenvalue weighted by Gasteiger charge is -1.96. The van der Waals surface area contributed by atoms with Crippen molar-refractivity contribution in [2.75, 3.05) is 0 Å². The van der Waals surface area contributed by atoms with E-state index in [0.29, 0.717) is 4.88 Å². The number of allylic oxidation sites excluding steroid dienone is 1. The molecule has 0 radical (unpaired) electrons. The molecule has 0 unspecified atom stereocenters. The molecule has 1 heterocycles. The van der Waals surface area contributed by atoms with Crippen molar-refractivity contribution in [3.05, 3.63) is 57.6 Å². The molecule has 0 aliphatic heterocycles. The van der Waals surface area contributed by atoms with Gasteiger partial charge in [0.15, 0.2) is 5.78 Å². The van der Waals surface area contributed by atoms with E-state index in [1.807, 2.05) is 0 Å². The summed E-state index contributed by atoms with van der Waals surface area (Å²) in [5.74, 6) is -1.06. The number of aromatic nitrogens is 1. The molecular formula is C14H11NO3S. The van der Waals surface area contributed by atoms with Crippen LogP contribution in [0, 0.1) is 6.92 Å². The number of ketones is 1. The third kappa shape index (κ3) is 3.14. The van der Waals surface area contributed by atoms with Crippen molar-refractivity contribution in [3.63, 3.8) is 0 Å². The monoisotopic (exact) mass is 273 g/mol. The van der Waals surface area contributed by atoms with E-state index in [2.05, 4.69) is 4.98 Å². The predicted octanol–water partition coefficient (Wildman–Crippen LogP) is 3.05. The van der Waals surface area contributed by atoms with E-state index in [0.717, 1.165) is 11.3 Å². The van der Waals surface area contributed by atoms with Crippen molar-refractivity contribution >= 4 is 29.2 Å². The quantitative estimate of drug-likeness (QED) is 0.686. The first-order valence-corrected chi connectivity index (χ1v) is 6.42. The van der Waals surface area contributed by atoms with E-state index in [4.69, 9.17) is 5.11 Å². The summed E-state index contributed by atoms with van der Waals surface area (Å²) < 4.78 is 0. The van der Waals surface area contributed by atoms with Gasteiger partial charge in [-0.2, -0.15) is 0 Å². The second-order valence-electron chi connectivity index (χ2n) is 3.89. The molecule has 0 saturated heterocycles. The zero-order chi connectivity index (χ0) is 13.8. The minimum Gasteiger partial charge on any atom is -0.478 e. The van der Waals surface area contributed by atoms with Gasteiger partial charge in [0.25, 0.3) is 0 Å². The van der Waals surface area contributed by atoms with Gasteiger partial charge in [-0.3, -0.25) is 4.79 Å². The van der Waals surface area contributed by atoms with E-state index in [1.165, 1.54) is 29.5 Å². The lowest BCUT2D eigenvalue weighted by Crippen LogP contribution is -1.95. The molecule has 1 aromatic carbocycles. The summed E-state index contributed by atoms with van der Waals surface area (Å²) in [6, 6.07) is 6.33. The van der Waals surface area contributed by atoms with Gasteiger partial charge in [-0.25, -0.2) is 9.78 Å². The number of rotatable bonds is 4. The fourth-order valence-electron chi connectivity index (χ4n) is 1.52. The number of aromatic carboxylic acids is 1. The van der Waals surface area contributed by atoms with E-state index in [-0.39, 0.29) is 11.3 Å². The van der Waals surface area contributed by atoms with Crippen LogP contribution in [-0.2, 0) is 0 Å². The summed E-state index contributed by atoms with van der Waals surface area (Å²) in [4.78, 5) is 27.2. The summed E-state index contributed by atoms with van der Waals surface area (Å²) in [6.45, 7) is 1.79. The molecule has 1 N–H and O–H groups in total. The molecule has 0 aliphatic carbocycles. The average Bonchev–Trinajstić information content (AvgIpc) is 2.83. The summed E-state index contributed by atoms with van der Waals surface area (Å²) in [5.41, 5.74) is 3.36. The lowest BCUT2D eigenvalue weighted by atomic mass is 10.1. The van der Waals surface area contributed by atoms with Gasteiger partial charge in [-0.1, -0.05) is 18.2 Å². The maximum absolute atomic E-state index is 11.9. The lowest BCUT2D eigenvalue weighted by molar-refractivity contribution is 0.0696. The predicted molar refractivity (Wildman–Crippen MR) is 73.6 cm³/mol. The van der Waals surface area contributed by atoms with Gasteiger partial charge in [0.2, 0.25) is 0 Å². The SMILES string of the molecule is Cc1ncsc1C(=O)/C=C/c1ccc(C(=O)O)cc1. The largest absolute Gasteiger partial charge is 0.478 e. The molecule has 0 fully saturated rings. The molecule has 0 saturated carbocycles. The Morgan fingerprint density at radius 1 is 1.26 bits per heavy atom. The highest BCUT2D eigenvalue weighted by molar-refractivity contribution is 7.12. The Hall–Kier alpha value is -2.27. The van der Waals surface area contributed by atoms with Gasteiger partial charge >= 0.3 is 5.97 Å². The van der Waals surface area contributed by atoms with Gasteiger partial charge in [0.05, 0.1) is 21.6 Å². The third-order valence-electron chi connectivity index (χ3n) is 2.55. The highest BCUT2D eigenvalue weighted by Crippen LogP contribution is 2.14. The Kier molecular flexibility index (Phi) is 3.87. The van der Waals surface area contributed by atoms with Crippen LogP contribution < -0.4 is 0 Å². The Morgan fingerprint density at radius 2 is 1.95 bits per heavy atom. The molecule has 0 amide bonds. The van der Waals surface area contributed by atoms with Crippen molar-refractivity contribution in [2.45, 2.75) is 6.92 Å². The first-order chi connectivity index (χ1) is 9.08. The van der Waals surface area contributed by atoms with Crippen LogP contribution in [0.1, 0.15) is 31.3 Å². The molecule has 1 aromatic heterocycles. The van der Waals surface area contributed by atoms with Gasteiger partial charge in [-0.15, -0.1) is 11.3 Å². The van der Waals surface area contributed by atoms with Crippen LogP contribution in [0.15, 0.2) is 35.9 Å². The second kappa shape index (κ2) is 5.58. The molecule has 2 rings (SSSR count). The maximum atomic E-state index is 11.9. The van der Waals surface area contributed by atoms with Gasteiger partial charge in [0, 0.05) is 0 Å². The summed E-state index contributed by atoms with van der Waals surface area (Å²) in [7, 11) is 0. The van der Waals surface area contributed by atoms with Gasteiger partial charge < -0.3 is 5.11 Å². The number of carbonyl (C=O) groups is 2. The van der Waals surface area contributed by atoms with Crippen molar-refractivity contribution in [1.29, 1.82) is 0 Å². The first kappa shape index (κ1) is 13.2. The molecule has 2 aromatic rings. The molecular weight excluding hydrogens is 262 g/mol. The van der Waals surface area contributed by atoms with E-state index in [9.17, 15) is 9.59 Å². The summed E-state index contributed by atoms with van der Waals surface area (Å²) in [6.07, 6.45) is 3.13. The smallest absolute Gasteiger partial charge is 0.335 e. The highest BCUT2D eigenvalue weighted by atomic mass is 32.1. The fraction of sp³-hybridized carbons (Fsp3) is 0.0714. The minimum atomic E-state index is -0.966. The number of carboxylic acid groups (broad SMARTS) is 1. The zero-order valence-corrected chi connectivity index (χ0v) is 11.0. The number of hydrogen-bond acceptors (Lipinski definition) is 4. The number of benzene rings is 1. The minimum absolute atomic E-state index is 0.0951. The number of carbonyl (C=O) groups excluding carboxylic acids is 1. The van der Waals surface area contributed by atoms with Crippen LogP contribution >= 0.6 is 11.3 Å². The molecule has 0 aliphatic rings. The summed E-state index contributed by atoms with van der Waals surface area (Å²) in [5, 5.41) is 8.77. The number of hydrogen-bond donors (Lipinski definition) is 1. The molecule has 19 heavy (non-hydrogen) atoms. The van der Waals surface area contributed by atoms with Crippen molar-refractivity contribution in [2.24, 2.45) is 0 Å². The van der Waals surface area contributed by atoms with Crippen molar-refractivity contribution < 1.29 is 14.7 Å². The highest BCUT2D eigenvalue weighted by Gasteiger charge is 2.08. The van der Waals surface area contributed by atoms with E-state index in [1.54, 1.807) is 30.6 Å². The third-order valence-corrected chi connectivity index (χ3v) is 3.50. The molecule has 96 valence electrons. The van der Waals surface area contributed by atoms with E-state index >= 15 is 0 Å². The Labute approximate surface area is 114 Å². The first-order valence-electron chi connectivity index (χ1n) is 5.54. The van der Waals surface area contributed by atoms with Gasteiger partial charge in [0.1, 0.15) is 0 Å². The Morgan fingerprint density at radius 3 is 2.47 bits per heavy atom. The average molecular weight is 273 g/mol. The zero-order valence-electron chi connectivity index (χ0n) is 10.2. The van der Waals surface area contributed by atoms with Crippen LogP contribution in [0.2, 0.25) is 0 Å². The van der Waals surface area contributed by atoms with Crippen molar-refractivity contribution in [3.8, 4) is 0 Å². The van der Waals surface area contributed by atoms with Crippen LogP contribution in [0.3, 0.4) is 0 Å². The second-order valence-corrected chi connectivity index (χ2v) is 4.75. The molecule has 4 nitrogen and oxygen atoms in total. The number of carboxylic acids is 1. The van der Waals surface area contributed by atoms with Crippen LogP contribution in [0.5, 0.6) is 0 Å².